The van der Waals surface area contributed by atoms with Crippen molar-refractivity contribution in [3.8, 4) is 5.75 Å². The number of amides is 2. The van der Waals surface area contributed by atoms with Crippen LogP contribution in [-0.2, 0) is 16.1 Å². The molecule has 0 aliphatic carbocycles. The normalized spacial score (nSPS) is 15.1. The third-order valence-electron chi connectivity index (χ3n) is 7.85. The zero-order valence-electron chi connectivity index (χ0n) is 24.7. The fourth-order valence-corrected chi connectivity index (χ4v) is 6.65. The van der Waals surface area contributed by atoms with E-state index in [9.17, 15) is 9.59 Å². The summed E-state index contributed by atoms with van der Waals surface area (Å²) < 4.78 is 8.85. The lowest BCUT2D eigenvalue weighted by Gasteiger charge is -2.39. The van der Waals surface area contributed by atoms with E-state index in [1.807, 2.05) is 36.1 Å². The van der Waals surface area contributed by atoms with Crippen molar-refractivity contribution in [3.05, 3.63) is 87.9 Å². The summed E-state index contributed by atoms with van der Waals surface area (Å²) in [6.45, 7) is 4.08. The monoisotopic (exact) mass is 706 g/mol. The van der Waals surface area contributed by atoms with Gasteiger partial charge in [-0.25, -0.2) is 4.98 Å². The van der Waals surface area contributed by atoms with Gasteiger partial charge in [0.05, 0.1) is 5.52 Å². The molecule has 3 aromatic carbocycles. The molecule has 0 spiro atoms. The molecule has 5 aromatic rings. The number of halogens is 2. The van der Waals surface area contributed by atoms with E-state index in [4.69, 9.17) is 21.3 Å². The van der Waals surface area contributed by atoms with Gasteiger partial charge in [-0.15, -0.1) is 10.2 Å². The number of carbonyl (C=O) groups excluding carboxylic acids is 2. The second-order valence-corrected chi connectivity index (χ2v) is 13.4. The zero-order valence-corrected chi connectivity index (χ0v) is 27.9. The number of aromatic nitrogens is 4. The number of hydrogen-bond donors (Lipinski definition) is 0. The first-order chi connectivity index (χ1) is 21.9. The van der Waals surface area contributed by atoms with Gasteiger partial charge >= 0.3 is 0 Å². The predicted molar refractivity (Wildman–Crippen MR) is 181 cm³/mol. The number of fused-ring (bicyclic) bond motifs is 3. The molecule has 232 valence electrons. The topological polar surface area (TPSA) is 93.5 Å². The highest BCUT2D eigenvalue weighted by atomic mass is 79.9. The third kappa shape index (κ3) is 7.43. The van der Waals surface area contributed by atoms with Gasteiger partial charge < -0.3 is 19.1 Å². The SMILES string of the molecule is CC1CN(C(=O)CCCSc2nnc3c4ccccc4n(Cc4ccc(Br)cc4)c3n2)CCN1C(=O)COc1ccc(Cl)cc1. The molecule has 1 unspecified atom stereocenters. The van der Waals surface area contributed by atoms with E-state index in [1.54, 1.807) is 29.2 Å². The maximum Gasteiger partial charge on any atom is 0.260 e. The van der Waals surface area contributed by atoms with Crippen LogP contribution in [0, 0.1) is 0 Å². The molecule has 12 heteroatoms. The van der Waals surface area contributed by atoms with Crippen LogP contribution in [0.15, 0.2) is 82.4 Å². The molecule has 1 saturated heterocycles. The molecule has 1 aliphatic heterocycles. The molecule has 2 aromatic heterocycles. The van der Waals surface area contributed by atoms with Crippen molar-refractivity contribution in [3.63, 3.8) is 0 Å². The molecule has 1 fully saturated rings. The molecule has 0 saturated carbocycles. The molecule has 9 nitrogen and oxygen atoms in total. The number of rotatable bonds is 10. The number of piperazine rings is 1. The van der Waals surface area contributed by atoms with Crippen LogP contribution in [0.1, 0.15) is 25.3 Å². The predicted octanol–water partition coefficient (Wildman–Crippen LogP) is 6.45. The number of hydrogen-bond acceptors (Lipinski definition) is 7. The fraction of sp³-hybridized carbons (Fsp3) is 0.303. The van der Waals surface area contributed by atoms with Crippen molar-refractivity contribution in [2.75, 3.05) is 32.0 Å². The first-order valence-electron chi connectivity index (χ1n) is 14.8. The number of thioether (sulfide) groups is 1. The molecule has 0 N–H and O–H groups in total. The Hall–Kier alpha value is -3.67. The van der Waals surface area contributed by atoms with E-state index in [2.05, 4.69) is 55.0 Å². The molecule has 0 bridgehead atoms. The average molecular weight is 708 g/mol. The maximum absolute atomic E-state index is 13.0. The van der Waals surface area contributed by atoms with Gasteiger partial charge in [-0.2, -0.15) is 0 Å². The smallest absolute Gasteiger partial charge is 0.260 e. The Labute approximate surface area is 279 Å². The third-order valence-corrected chi connectivity index (χ3v) is 9.56. The molecular formula is C33H32BrClN6O3S. The minimum absolute atomic E-state index is 0.0507. The van der Waals surface area contributed by atoms with Gasteiger partial charge in [0.2, 0.25) is 11.1 Å². The van der Waals surface area contributed by atoms with Crippen LogP contribution in [0.4, 0.5) is 0 Å². The van der Waals surface area contributed by atoms with Crippen LogP contribution >= 0.6 is 39.3 Å². The quantitative estimate of drug-likeness (QED) is 0.122. The first-order valence-corrected chi connectivity index (χ1v) is 17.0. The number of para-hydroxylation sites is 1. The summed E-state index contributed by atoms with van der Waals surface area (Å²) in [7, 11) is 0. The summed E-state index contributed by atoms with van der Waals surface area (Å²) in [4.78, 5) is 34.3. The molecule has 6 rings (SSSR count). The van der Waals surface area contributed by atoms with E-state index in [0.717, 1.165) is 32.1 Å². The van der Waals surface area contributed by atoms with Crippen molar-refractivity contribution >= 4 is 73.2 Å². The Morgan fingerprint density at radius 1 is 1.00 bits per heavy atom. The molecule has 0 radical (unpaired) electrons. The van der Waals surface area contributed by atoms with Gasteiger partial charge in [0.25, 0.3) is 5.91 Å². The molecule has 1 aliphatic rings. The van der Waals surface area contributed by atoms with E-state index in [0.29, 0.717) is 60.7 Å². The summed E-state index contributed by atoms with van der Waals surface area (Å²) in [5, 5.41) is 11.2. The van der Waals surface area contributed by atoms with E-state index >= 15 is 0 Å². The molecular weight excluding hydrogens is 676 g/mol. The molecule has 45 heavy (non-hydrogen) atoms. The Bertz CT molecular complexity index is 1820. The largest absolute Gasteiger partial charge is 0.484 e. The Balaban J connectivity index is 1.01. The summed E-state index contributed by atoms with van der Waals surface area (Å²) in [5.74, 6) is 1.29. The number of ether oxygens (including phenoxy) is 1. The van der Waals surface area contributed by atoms with Crippen molar-refractivity contribution < 1.29 is 14.3 Å². The highest BCUT2D eigenvalue weighted by molar-refractivity contribution is 9.10. The van der Waals surface area contributed by atoms with Gasteiger partial charge in [0.1, 0.15) is 11.3 Å². The van der Waals surface area contributed by atoms with Gasteiger partial charge in [-0.3, -0.25) is 9.59 Å². The summed E-state index contributed by atoms with van der Waals surface area (Å²) in [6.07, 6.45) is 1.11. The van der Waals surface area contributed by atoms with Crippen molar-refractivity contribution in [2.24, 2.45) is 0 Å². The van der Waals surface area contributed by atoms with Crippen molar-refractivity contribution in [2.45, 2.75) is 37.5 Å². The zero-order chi connectivity index (χ0) is 31.3. The van der Waals surface area contributed by atoms with Crippen LogP contribution in [0.25, 0.3) is 22.1 Å². The Morgan fingerprint density at radius 3 is 2.56 bits per heavy atom. The average Bonchev–Trinajstić information content (AvgIpc) is 3.36. The lowest BCUT2D eigenvalue weighted by molar-refractivity contribution is -0.143. The Morgan fingerprint density at radius 2 is 1.78 bits per heavy atom. The number of nitrogens with zero attached hydrogens (tertiary/aromatic N) is 6. The lowest BCUT2D eigenvalue weighted by Crippen LogP contribution is -2.56. The maximum atomic E-state index is 13.0. The van der Waals surface area contributed by atoms with Gasteiger partial charge in [0.15, 0.2) is 12.3 Å². The molecule has 2 amide bonds. The van der Waals surface area contributed by atoms with Crippen LogP contribution in [0.3, 0.4) is 0 Å². The van der Waals surface area contributed by atoms with Crippen LogP contribution in [0.2, 0.25) is 5.02 Å². The van der Waals surface area contributed by atoms with Gasteiger partial charge in [0, 0.05) is 59.3 Å². The first kappa shape index (κ1) is 31.3. The molecule has 3 heterocycles. The van der Waals surface area contributed by atoms with Crippen LogP contribution < -0.4 is 4.74 Å². The minimum atomic E-state index is -0.0950. The standard InChI is InChI=1S/C33H32BrClN6O3S/c1-22-19-39(16-17-40(22)30(43)21-44-26-14-12-25(35)13-15-26)29(42)7-4-18-45-33-36-32-31(37-38-33)27-5-2-3-6-28(27)41(32)20-23-8-10-24(34)11-9-23/h2-3,5-6,8-15,22H,4,7,16-21H2,1H3. The van der Waals surface area contributed by atoms with E-state index < -0.39 is 0 Å². The van der Waals surface area contributed by atoms with Crippen LogP contribution in [0.5, 0.6) is 5.75 Å². The van der Waals surface area contributed by atoms with Gasteiger partial charge in [-0.1, -0.05) is 69.6 Å². The van der Waals surface area contributed by atoms with Crippen molar-refractivity contribution in [1.29, 1.82) is 0 Å². The summed E-state index contributed by atoms with van der Waals surface area (Å²) in [6, 6.07) is 23.3. The fourth-order valence-electron chi connectivity index (χ4n) is 5.54. The second-order valence-electron chi connectivity index (χ2n) is 11.0. The number of benzene rings is 3. The minimum Gasteiger partial charge on any atom is -0.484 e. The highest BCUT2D eigenvalue weighted by Gasteiger charge is 2.29. The van der Waals surface area contributed by atoms with Crippen LogP contribution in [-0.4, -0.2) is 79.4 Å². The van der Waals surface area contributed by atoms with E-state index in [1.165, 1.54) is 11.8 Å². The van der Waals surface area contributed by atoms with Gasteiger partial charge in [-0.05, 0) is 61.4 Å². The second kappa shape index (κ2) is 14.2. The van der Waals surface area contributed by atoms with Crippen molar-refractivity contribution in [1.82, 2.24) is 29.5 Å². The van der Waals surface area contributed by atoms with E-state index in [-0.39, 0.29) is 24.5 Å². The summed E-state index contributed by atoms with van der Waals surface area (Å²) >= 11 is 10.9. The lowest BCUT2D eigenvalue weighted by atomic mass is 10.1. The summed E-state index contributed by atoms with van der Waals surface area (Å²) in [5.41, 5.74) is 3.81. The molecule has 1 atom stereocenters. The number of carbonyl (C=O) groups is 2. The highest BCUT2D eigenvalue weighted by Crippen LogP contribution is 2.28. The Kier molecular flexibility index (Phi) is 9.87.